The van der Waals surface area contributed by atoms with Crippen LogP contribution in [0.1, 0.15) is 13.3 Å². The van der Waals surface area contributed by atoms with Crippen LogP contribution in [0.25, 0.3) is 0 Å². The maximum absolute atomic E-state index is 12.5. The van der Waals surface area contributed by atoms with Crippen molar-refractivity contribution in [2.75, 3.05) is 26.7 Å². The Labute approximate surface area is 152 Å². The molecule has 1 N–H and O–H groups in total. The molecule has 0 aromatic heterocycles. The third kappa shape index (κ3) is 4.71. The smallest absolute Gasteiger partial charge is 0.308 e. The van der Waals surface area contributed by atoms with Crippen LogP contribution >= 0.6 is 11.6 Å². The number of carbonyl (C=O) groups excluding carboxylic acids is 1. The Kier molecular flexibility index (Phi) is 6.08. The quantitative estimate of drug-likeness (QED) is 0.825. The van der Waals surface area contributed by atoms with E-state index in [2.05, 4.69) is 0 Å². The van der Waals surface area contributed by atoms with Crippen molar-refractivity contribution in [2.45, 2.75) is 18.2 Å². The lowest BCUT2D eigenvalue weighted by Crippen LogP contribution is -2.49. The summed E-state index contributed by atoms with van der Waals surface area (Å²) in [4.78, 5) is 25.1. The molecule has 1 aromatic carbocycles. The number of amides is 1. The van der Waals surface area contributed by atoms with E-state index in [-0.39, 0.29) is 23.9 Å². The summed E-state index contributed by atoms with van der Waals surface area (Å²) < 4.78 is 26.0. The van der Waals surface area contributed by atoms with Gasteiger partial charge in [0.15, 0.2) is 0 Å². The Morgan fingerprint density at radius 3 is 2.44 bits per heavy atom. The van der Waals surface area contributed by atoms with Crippen LogP contribution in [-0.4, -0.2) is 61.3 Å². The van der Waals surface area contributed by atoms with E-state index in [1.807, 2.05) is 6.92 Å². The van der Waals surface area contributed by atoms with E-state index in [4.69, 9.17) is 11.6 Å². The van der Waals surface area contributed by atoms with Gasteiger partial charge in [0.1, 0.15) is 0 Å². The van der Waals surface area contributed by atoms with Crippen LogP contribution in [0.4, 0.5) is 0 Å². The van der Waals surface area contributed by atoms with Crippen LogP contribution in [0.15, 0.2) is 29.2 Å². The molecule has 1 aromatic rings. The van der Waals surface area contributed by atoms with E-state index in [0.29, 0.717) is 18.0 Å². The van der Waals surface area contributed by atoms with Crippen LogP contribution in [-0.2, 0) is 19.6 Å². The van der Waals surface area contributed by atoms with Gasteiger partial charge in [-0.1, -0.05) is 18.5 Å². The van der Waals surface area contributed by atoms with Gasteiger partial charge in [-0.2, -0.15) is 4.31 Å². The van der Waals surface area contributed by atoms with Gasteiger partial charge >= 0.3 is 5.97 Å². The van der Waals surface area contributed by atoms with Gasteiger partial charge in [0.25, 0.3) is 0 Å². The van der Waals surface area contributed by atoms with Gasteiger partial charge < -0.3 is 10.0 Å². The van der Waals surface area contributed by atoms with Gasteiger partial charge in [-0.25, -0.2) is 8.42 Å². The lowest BCUT2D eigenvalue weighted by atomic mass is 9.90. The first-order chi connectivity index (χ1) is 11.6. The molecule has 25 heavy (non-hydrogen) atoms. The number of rotatable bonds is 5. The molecule has 2 atom stereocenters. The van der Waals surface area contributed by atoms with Gasteiger partial charge in [-0.3, -0.25) is 9.59 Å². The number of piperidine rings is 1. The van der Waals surface area contributed by atoms with Crippen molar-refractivity contribution in [3.05, 3.63) is 29.3 Å². The molecular formula is C16H21ClN2O5S. The topological polar surface area (TPSA) is 95.0 Å². The number of aliphatic carboxylic acids is 1. The van der Waals surface area contributed by atoms with Crippen LogP contribution in [0.2, 0.25) is 5.02 Å². The minimum atomic E-state index is -3.82. The number of nitrogens with zero attached hydrogens (tertiary/aromatic N) is 2. The number of halogens is 1. The summed E-state index contributed by atoms with van der Waals surface area (Å²) in [6, 6.07) is 5.69. The molecule has 0 bridgehead atoms. The Morgan fingerprint density at radius 2 is 1.88 bits per heavy atom. The van der Waals surface area contributed by atoms with Gasteiger partial charge in [0.2, 0.25) is 15.9 Å². The standard InChI is InChI=1S/C16H21ClN2O5S/c1-11-7-12(16(21)22)9-19(8-11)15(20)10-18(2)25(23,24)14-5-3-13(17)4-6-14/h3-6,11-12H,7-10H2,1-2H3,(H,21,22). The maximum atomic E-state index is 12.5. The van der Waals surface area contributed by atoms with E-state index >= 15 is 0 Å². The molecule has 1 amide bonds. The van der Waals surface area contributed by atoms with Crippen molar-refractivity contribution < 1.29 is 23.1 Å². The number of hydrogen-bond donors (Lipinski definition) is 1. The van der Waals surface area contributed by atoms with E-state index < -0.39 is 27.8 Å². The molecule has 7 nitrogen and oxygen atoms in total. The number of carbonyl (C=O) groups is 2. The lowest BCUT2D eigenvalue weighted by molar-refractivity contribution is -0.146. The molecule has 1 fully saturated rings. The van der Waals surface area contributed by atoms with Gasteiger partial charge in [0, 0.05) is 25.2 Å². The normalized spacial score (nSPS) is 21.4. The number of carboxylic acids is 1. The minimum absolute atomic E-state index is 0.0441. The molecule has 1 aliphatic rings. The summed E-state index contributed by atoms with van der Waals surface area (Å²) in [5.41, 5.74) is 0. The third-order valence-corrected chi connectivity index (χ3v) is 6.31. The lowest BCUT2D eigenvalue weighted by Gasteiger charge is -2.35. The molecule has 1 heterocycles. The summed E-state index contributed by atoms with van der Waals surface area (Å²) in [6.45, 7) is 2.07. The number of hydrogen-bond acceptors (Lipinski definition) is 4. The molecule has 9 heteroatoms. The largest absolute Gasteiger partial charge is 0.481 e. The summed E-state index contributed by atoms with van der Waals surface area (Å²) in [6.07, 6.45) is 0.512. The van der Waals surface area contributed by atoms with Crippen molar-refractivity contribution >= 4 is 33.5 Å². The minimum Gasteiger partial charge on any atom is -0.481 e. The average molecular weight is 389 g/mol. The molecule has 0 saturated carbocycles. The number of likely N-dealkylation sites (tertiary alicyclic amines) is 1. The van der Waals surface area contributed by atoms with Crippen molar-refractivity contribution in [1.29, 1.82) is 0 Å². The van der Waals surface area contributed by atoms with Gasteiger partial charge in [-0.15, -0.1) is 0 Å². The molecule has 2 rings (SSSR count). The molecule has 0 spiro atoms. The molecule has 0 radical (unpaired) electrons. The van der Waals surface area contributed by atoms with Crippen LogP contribution in [0.5, 0.6) is 0 Å². The monoisotopic (exact) mass is 388 g/mol. The maximum Gasteiger partial charge on any atom is 0.308 e. The van der Waals surface area contributed by atoms with Crippen molar-refractivity contribution in [3.63, 3.8) is 0 Å². The van der Waals surface area contributed by atoms with E-state index in [0.717, 1.165) is 4.31 Å². The van der Waals surface area contributed by atoms with Crippen LogP contribution in [0.3, 0.4) is 0 Å². The first kappa shape index (κ1) is 19.7. The third-order valence-electron chi connectivity index (χ3n) is 4.24. The Balaban J connectivity index is 2.08. The second-order valence-corrected chi connectivity index (χ2v) is 8.87. The molecule has 2 unspecified atom stereocenters. The summed E-state index contributed by atoms with van der Waals surface area (Å²) >= 11 is 5.76. The fourth-order valence-corrected chi connectivity index (χ4v) is 4.14. The molecule has 1 saturated heterocycles. The second-order valence-electron chi connectivity index (χ2n) is 6.39. The predicted molar refractivity (Wildman–Crippen MR) is 92.8 cm³/mol. The summed E-state index contributed by atoms with van der Waals surface area (Å²) in [5.74, 6) is -1.91. The zero-order chi connectivity index (χ0) is 18.8. The number of carboxylic acid groups (broad SMARTS) is 1. The van der Waals surface area contributed by atoms with Gasteiger partial charge in [-0.05, 0) is 36.6 Å². The Bertz CT molecular complexity index is 750. The second kappa shape index (κ2) is 7.72. The fraction of sp³-hybridized carbons (Fsp3) is 0.500. The highest BCUT2D eigenvalue weighted by molar-refractivity contribution is 7.89. The molecule has 0 aliphatic carbocycles. The highest BCUT2D eigenvalue weighted by Crippen LogP contribution is 2.23. The zero-order valence-electron chi connectivity index (χ0n) is 14.1. The molecule has 1 aliphatic heterocycles. The van der Waals surface area contributed by atoms with E-state index in [1.54, 1.807) is 0 Å². The Morgan fingerprint density at radius 1 is 1.28 bits per heavy atom. The Hall–Kier alpha value is -1.64. The van der Waals surface area contributed by atoms with E-state index in [9.17, 15) is 23.1 Å². The number of sulfonamides is 1. The molecular weight excluding hydrogens is 368 g/mol. The summed E-state index contributed by atoms with van der Waals surface area (Å²) in [7, 11) is -2.50. The SMILES string of the molecule is CC1CC(C(=O)O)CN(C(=O)CN(C)S(=O)(=O)c2ccc(Cl)cc2)C1. The van der Waals surface area contributed by atoms with E-state index in [1.165, 1.54) is 36.2 Å². The van der Waals surface area contributed by atoms with Crippen molar-refractivity contribution in [1.82, 2.24) is 9.21 Å². The zero-order valence-corrected chi connectivity index (χ0v) is 15.6. The number of likely N-dealkylation sites (N-methyl/N-ethyl adjacent to an activating group) is 1. The van der Waals surface area contributed by atoms with Crippen molar-refractivity contribution in [3.8, 4) is 0 Å². The number of benzene rings is 1. The summed E-state index contributed by atoms with van der Waals surface area (Å²) in [5, 5.41) is 9.60. The first-order valence-electron chi connectivity index (χ1n) is 7.83. The fourth-order valence-electron chi connectivity index (χ4n) is 2.90. The first-order valence-corrected chi connectivity index (χ1v) is 9.65. The highest BCUT2D eigenvalue weighted by atomic mass is 35.5. The van der Waals surface area contributed by atoms with Gasteiger partial charge in [0.05, 0.1) is 17.4 Å². The molecule has 138 valence electrons. The average Bonchev–Trinajstić information content (AvgIpc) is 2.54. The highest BCUT2D eigenvalue weighted by Gasteiger charge is 2.33. The van der Waals surface area contributed by atoms with Crippen molar-refractivity contribution in [2.24, 2.45) is 11.8 Å². The van der Waals surface area contributed by atoms with Crippen LogP contribution < -0.4 is 0 Å². The predicted octanol–water partition coefficient (Wildman–Crippen LogP) is 1.53. The van der Waals surface area contributed by atoms with Crippen LogP contribution in [0, 0.1) is 11.8 Å².